The Balaban J connectivity index is 0.000000350. The maximum atomic E-state index is 5.61. The van der Waals surface area contributed by atoms with Crippen LogP contribution in [-0.4, -0.2) is 34.9 Å². The van der Waals surface area contributed by atoms with Crippen molar-refractivity contribution in [3.8, 4) is 0 Å². The van der Waals surface area contributed by atoms with Crippen molar-refractivity contribution in [2.24, 2.45) is 7.05 Å². The molecule has 56 heavy (non-hydrogen) atoms. The molecule has 0 saturated heterocycles. The van der Waals surface area contributed by atoms with Crippen molar-refractivity contribution >= 4 is 0 Å². The second-order valence-electron chi connectivity index (χ2n) is 18.0. The number of aromatic amines is 1. The minimum atomic E-state index is 0.440. The zero-order chi connectivity index (χ0) is 43.0. The van der Waals surface area contributed by atoms with Gasteiger partial charge in [0.25, 0.3) is 0 Å². The third kappa shape index (κ3) is 17.1. The molecule has 0 aliphatic heterocycles. The number of nitrogens with one attached hydrogen (secondary N) is 1. The molecule has 0 spiro atoms. The predicted molar refractivity (Wildman–Crippen MR) is 236 cm³/mol. The van der Waals surface area contributed by atoms with Gasteiger partial charge in [0.05, 0.1) is 22.8 Å². The Morgan fingerprint density at radius 3 is 1.23 bits per heavy atom. The lowest BCUT2D eigenvalue weighted by Crippen LogP contribution is -2.02. The van der Waals surface area contributed by atoms with Gasteiger partial charge in [-0.1, -0.05) is 130 Å². The number of H-pyrrole nitrogens is 1. The van der Waals surface area contributed by atoms with Crippen molar-refractivity contribution in [2.45, 2.75) is 198 Å². The average Bonchev–Trinajstić information content (AvgIpc) is 3.94. The van der Waals surface area contributed by atoms with Crippen LogP contribution in [0.2, 0.25) is 0 Å². The summed E-state index contributed by atoms with van der Waals surface area (Å²) in [4.78, 5) is 0. The molecule has 0 saturated carbocycles. The van der Waals surface area contributed by atoms with Crippen molar-refractivity contribution in [1.82, 2.24) is 34.9 Å². The fourth-order valence-corrected chi connectivity index (χ4v) is 5.06. The van der Waals surface area contributed by atoms with Gasteiger partial charge in [0, 0.05) is 54.5 Å². The molecule has 316 valence electrons. The molecule has 0 unspecified atom stereocenters. The van der Waals surface area contributed by atoms with E-state index in [1.165, 1.54) is 22.8 Å². The Labute approximate surface area is 341 Å². The van der Waals surface area contributed by atoms with Crippen LogP contribution in [0.15, 0.2) is 51.5 Å². The van der Waals surface area contributed by atoms with Gasteiger partial charge in [-0.05, 0) is 79.7 Å². The molecule has 0 radical (unpaired) electrons. The van der Waals surface area contributed by atoms with Gasteiger partial charge in [-0.3, -0.25) is 14.5 Å². The molecular weight excluding hydrogens is 695 g/mol. The van der Waals surface area contributed by atoms with E-state index in [2.05, 4.69) is 194 Å². The first-order valence-corrected chi connectivity index (χ1v) is 21.2. The molecule has 5 rings (SSSR count). The Bertz CT molecular complexity index is 1460. The Morgan fingerprint density at radius 1 is 0.482 bits per heavy atom. The molecule has 0 atom stereocenters. The summed E-state index contributed by atoms with van der Waals surface area (Å²) in [6, 6.07) is 13.1. The molecule has 5 aromatic rings. The fraction of sp³-hybridized carbons (Fsp3) is 0.660. The lowest BCUT2D eigenvalue weighted by Gasteiger charge is -2.04. The number of rotatable bonds is 10. The summed E-state index contributed by atoms with van der Waals surface area (Å²) in [7, 11) is 2.02. The van der Waals surface area contributed by atoms with Crippen LogP contribution in [0.25, 0.3) is 0 Å². The van der Waals surface area contributed by atoms with E-state index in [4.69, 9.17) is 8.94 Å². The van der Waals surface area contributed by atoms with Gasteiger partial charge in [-0.25, -0.2) is 0 Å². The van der Waals surface area contributed by atoms with Crippen LogP contribution in [0, 0.1) is 0 Å². The molecule has 0 amide bonds. The average molecular weight is 776 g/mol. The number of hydrogen-bond acceptors (Lipinski definition) is 6. The summed E-state index contributed by atoms with van der Waals surface area (Å²) < 4.78 is 14.7. The molecule has 0 bridgehead atoms. The largest absolute Gasteiger partial charge is 0.466 e. The Hall–Kier alpha value is -3.88. The molecule has 5 aromatic heterocycles. The zero-order valence-electron chi connectivity index (χ0n) is 39.3. The van der Waals surface area contributed by atoms with Crippen molar-refractivity contribution in [1.29, 1.82) is 0 Å². The van der Waals surface area contributed by atoms with Crippen molar-refractivity contribution in [3.63, 3.8) is 0 Å². The second kappa shape index (κ2) is 24.0. The van der Waals surface area contributed by atoms with Crippen LogP contribution < -0.4 is 0 Å². The maximum absolute atomic E-state index is 5.61. The molecule has 0 aromatic carbocycles. The molecule has 0 aliphatic carbocycles. The summed E-state index contributed by atoms with van der Waals surface area (Å²) in [5.74, 6) is 7.78. The lowest BCUT2D eigenvalue weighted by molar-refractivity contribution is 0.363. The van der Waals surface area contributed by atoms with Gasteiger partial charge < -0.3 is 8.94 Å². The first-order valence-electron chi connectivity index (χ1n) is 21.2. The van der Waals surface area contributed by atoms with Crippen LogP contribution in [0.3, 0.4) is 0 Å². The highest BCUT2D eigenvalue weighted by atomic mass is 16.5. The van der Waals surface area contributed by atoms with Crippen molar-refractivity contribution < 1.29 is 8.94 Å². The summed E-state index contributed by atoms with van der Waals surface area (Å²) in [6.07, 6.45) is 2.04. The van der Waals surface area contributed by atoms with Gasteiger partial charge in [-0.2, -0.15) is 15.3 Å². The monoisotopic (exact) mass is 776 g/mol. The molecule has 9 nitrogen and oxygen atoms in total. The molecule has 0 aliphatic rings. The van der Waals surface area contributed by atoms with Crippen LogP contribution in [0.1, 0.15) is 249 Å². The highest BCUT2D eigenvalue weighted by Gasteiger charge is 2.12. The standard InChI is InChI=1S/C10H18N2.C10H16O.2C9H16N2.C9H15NO/c1-7(2)9-6-10(8(3)4)12(5)11-9;1-7(2)9-5-6-10(11-9)8(3)4;1-7(2)9-5-6-11(10-9)8(3)4;2*1-6(2)8-5-9(7(3)4)11-10-8/h6-8H,1-5H3;2*5-8H,1-4H3;5-7H,1-4H3,(H,10,11);5-7H,1-4H3. The summed E-state index contributed by atoms with van der Waals surface area (Å²) in [5.41, 5.74) is 7.13. The van der Waals surface area contributed by atoms with E-state index < -0.39 is 0 Å². The first-order chi connectivity index (χ1) is 26.0. The van der Waals surface area contributed by atoms with E-state index in [-0.39, 0.29) is 0 Å². The highest BCUT2D eigenvalue weighted by molar-refractivity contribution is 5.16. The Kier molecular flexibility index (Phi) is 21.5. The summed E-state index contributed by atoms with van der Waals surface area (Å²) in [5, 5.41) is 20.1. The van der Waals surface area contributed by atoms with Crippen LogP contribution in [-0.2, 0) is 7.05 Å². The number of nitrogens with zero attached hydrogens (tertiary/aromatic N) is 6. The Morgan fingerprint density at radius 2 is 0.982 bits per heavy atom. The highest BCUT2D eigenvalue weighted by Crippen LogP contribution is 2.23. The molecule has 5 heterocycles. The van der Waals surface area contributed by atoms with E-state index in [1.807, 2.05) is 28.7 Å². The van der Waals surface area contributed by atoms with Gasteiger partial charge in [0.15, 0.2) is 0 Å². The van der Waals surface area contributed by atoms with Crippen molar-refractivity contribution in [3.05, 3.63) is 94.0 Å². The quantitative estimate of drug-likeness (QED) is 0.151. The third-order valence-electron chi connectivity index (χ3n) is 9.19. The van der Waals surface area contributed by atoms with Gasteiger partial charge in [0.2, 0.25) is 0 Å². The maximum Gasteiger partial charge on any atom is 0.139 e. The predicted octanol–water partition coefficient (Wildman–Crippen LogP) is 14.4. The zero-order valence-corrected chi connectivity index (χ0v) is 39.3. The fourth-order valence-electron chi connectivity index (χ4n) is 5.06. The van der Waals surface area contributed by atoms with E-state index in [0.29, 0.717) is 59.3 Å². The molecule has 0 fully saturated rings. The van der Waals surface area contributed by atoms with Crippen LogP contribution in [0.5, 0.6) is 0 Å². The number of hydrogen-bond donors (Lipinski definition) is 1. The van der Waals surface area contributed by atoms with Gasteiger partial charge in [0.1, 0.15) is 17.3 Å². The number of furan rings is 1. The van der Waals surface area contributed by atoms with Crippen molar-refractivity contribution in [2.75, 3.05) is 0 Å². The van der Waals surface area contributed by atoms with Gasteiger partial charge >= 0.3 is 0 Å². The summed E-state index contributed by atoms with van der Waals surface area (Å²) >= 11 is 0. The van der Waals surface area contributed by atoms with Crippen LogP contribution >= 0.6 is 0 Å². The lowest BCUT2D eigenvalue weighted by atomic mass is 10.1. The van der Waals surface area contributed by atoms with E-state index >= 15 is 0 Å². The van der Waals surface area contributed by atoms with E-state index in [1.54, 1.807) is 0 Å². The minimum Gasteiger partial charge on any atom is -0.466 e. The van der Waals surface area contributed by atoms with E-state index in [9.17, 15) is 0 Å². The normalized spacial score (nSPS) is 11.5. The molecular formula is C47H81N7O2. The topological polar surface area (TPSA) is 103 Å². The first kappa shape index (κ1) is 50.1. The molecule has 9 heteroatoms. The summed E-state index contributed by atoms with van der Waals surface area (Å²) in [6.45, 7) is 43.0. The third-order valence-corrected chi connectivity index (χ3v) is 9.19. The van der Waals surface area contributed by atoms with Crippen LogP contribution in [0.4, 0.5) is 0 Å². The smallest absolute Gasteiger partial charge is 0.139 e. The van der Waals surface area contributed by atoms with E-state index in [0.717, 1.165) is 28.7 Å². The second-order valence-corrected chi connectivity index (χ2v) is 18.0. The molecule has 1 N–H and O–H groups in total. The number of aromatic nitrogens is 7. The number of aryl methyl sites for hydroxylation is 1. The minimum absolute atomic E-state index is 0.440. The SMILES string of the molecule is CC(C)c1cc(C(C)C)[nH]n1.CC(C)c1cc(C(C)C)n(C)n1.CC(C)c1cc(C(C)C)on1.CC(C)c1ccc(C(C)C)o1.CC(C)c1ccn(C(C)C)n1. The van der Waals surface area contributed by atoms with Gasteiger partial charge in [-0.15, -0.1) is 0 Å².